The van der Waals surface area contributed by atoms with Crippen molar-refractivity contribution < 1.29 is 22.7 Å². The van der Waals surface area contributed by atoms with E-state index in [9.17, 15) is 18.0 Å². The number of hydrogen-bond acceptors (Lipinski definition) is 6. The summed E-state index contributed by atoms with van der Waals surface area (Å²) in [5.74, 6) is -0.781. The Morgan fingerprint density at radius 1 is 1.48 bits per heavy atom. The van der Waals surface area contributed by atoms with Gasteiger partial charge in [-0.2, -0.15) is 0 Å². The van der Waals surface area contributed by atoms with Gasteiger partial charge < -0.3 is 14.2 Å². The third-order valence-electron chi connectivity index (χ3n) is 4.67. The molecule has 2 fully saturated rings. The first-order chi connectivity index (χ1) is 11.6. The van der Waals surface area contributed by atoms with E-state index in [2.05, 4.69) is 11.6 Å². The molecular weight excluding hydrogens is 346 g/mol. The predicted octanol–water partition coefficient (Wildman–Crippen LogP) is 0.277. The second kappa shape index (κ2) is 5.55. The summed E-state index contributed by atoms with van der Waals surface area (Å²) in [5, 5.41) is -1.16. The number of ether oxygens (including phenoxy) is 1. The third kappa shape index (κ3) is 2.25. The highest BCUT2D eigenvalue weighted by molar-refractivity contribution is 7.94. The Morgan fingerprint density at radius 2 is 2.16 bits per heavy atom. The maximum absolute atomic E-state index is 12.9. The smallest absolute Gasteiger partial charge is 0.330 e. The second-order valence-electron chi connectivity index (χ2n) is 6.53. The molecule has 8 nitrogen and oxygen atoms in total. The first kappa shape index (κ1) is 17.4. The number of aromatic nitrogens is 2. The molecule has 3 rings (SSSR count). The van der Waals surface area contributed by atoms with E-state index in [0.29, 0.717) is 5.82 Å². The molecule has 1 aromatic rings. The van der Waals surface area contributed by atoms with Crippen LogP contribution >= 0.6 is 0 Å². The number of hydrogen-bond donors (Lipinski definition) is 0. The fourth-order valence-electron chi connectivity index (χ4n) is 3.20. The summed E-state index contributed by atoms with van der Waals surface area (Å²) < 4.78 is 31.1. The molecule has 2 atom stereocenters. The van der Waals surface area contributed by atoms with E-state index in [-0.39, 0.29) is 12.2 Å². The van der Waals surface area contributed by atoms with E-state index in [4.69, 9.17) is 4.74 Å². The van der Waals surface area contributed by atoms with E-state index in [1.165, 1.54) is 26.0 Å². The largest absolute Gasteiger partial charge is 0.460 e. The van der Waals surface area contributed by atoms with Crippen LogP contribution in [0.4, 0.5) is 0 Å². The minimum absolute atomic E-state index is 0.0475. The molecule has 1 aromatic heterocycles. The SMILES string of the molecule is C=CCOC(=O)[C@@H]1N2C(=O)/C(=C\c3nccn3C)[C@H]2S(=O)(=O)C1(C)C. The van der Waals surface area contributed by atoms with Gasteiger partial charge in [0, 0.05) is 19.4 Å². The van der Waals surface area contributed by atoms with Gasteiger partial charge in [-0.15, -0.1) is 0 Å². The van der Waals surface area contributed by atoms with Crippen LogP contribution in [0.2, 0.25) is 0 Å². The van der Waals surface area contributed by atoms with Crippen LogP contribution in [0.25, 0.3) is 6.08 Å². The van der Waals surface area contributed by atoms with Gasteiger partial charge in [0.1, 0.15) is 17.2 Å². The molecule has 0 aromatic carbocycles. The van der Waals surface area contributed by atoms with Crippen molar-refractivity contribution in [1.82, 2.24) is 14.5 Å². The first-order valence-corrected chi connectivity index (χ1v) is 9.21. The summed E-state index contributed by atoms with van der Waals surface area (Å²) in [5.41, 5.74) is 0.112. The van der Waals surface area contributed by atoms with Crippen molar-refractivity contribution in [2.75, 3.05) is 6.61 Å². The third-order valence-corrected chi connectivity index (χ3v) is 7.43. The molecule has 0 radical (unpaired) electrons. The van der Waals surface area contributed by atoms with Crippen molar-refractivity contribution in [3.05, 3.63) is 36.4 Å². The van der Waals surface area contributed by atoms with E-state index in [1.54, 1.807) is 24.0 Å². The van der Waals surface area contributed by atoms with Crippen molar-refractivity contribution in [3.63, 3.8) is 0 Å². The van der Waals surface area contributed by atoms with Crippen LogP contribution in [0.3, 0.4) is 0 Å². The molecule has 1 amide bonds. The van der Waals surface area contributed by atoms with E-state index < -0.39 is 37.9 Å². The van der Waals surface area contributed by atoms with Gasteiger partial charge in [-0.3, -0.25) is 4.79 Å². The van der Waals surface area contributed by atoms with Gasteiger partial charge >= 0.3 is 5.97 Å². The van der Waals surface area contributed by atoms with Crippen molar-refractivity contribution in [2.24, 2.45) is 7.05 Å². The fourth-order valence-corrected chi connectivity index (χ4v) is 5.31. The lowest BCUT2D eigenvalue weighted by Crippen LogP contribution is -2.59. The second-order valence-corrected chi connectivity index (χ2v) is 9.12. The number of carbonyl (C=O) groups excluding carboxylic acids is 2. The molecule has 0 saturated carbocycles. The van der Waals surface area contributed by atoms with Gasteiger partial charge in [0.2, 0.25) is 0 Å². The number of imidazole rings is 1. The molecule has 9 heteroatoms. The van der Waals surface area contributed by atoms with Crippen LogP contribution in [0.1, 0.15) is 19.7 Å². The number of rotatable bonds is 4. The molecule has 25 heavy (non-hydrogen) atoms. The average molecular weight is 365 g/mol. The molecule has 0 spiro atoms. The molecular formula is C16H19N3O5S. The minimum atomic E-state index is -3.81. The number of amides is 1. The maximum Gasteiger partial charge on any atom is 0.330 e. The molecule has 134 valence electrons. The van der Waals surface area contributed by atoms with Crippen LogP contribution in [0.5, 0.6) is 0 Å². The standard InChI is InChI=1S/C16H19N3O5S/c1-5-8-24-15(21)12-16(2,3)25(22,23)14-10(13(20)19(12)14)9-11-17-6-7-18(11)4/h5-7,9,12,14H,1,8H2,2-4H3/b10-9+/t12-,14+/m0/s1. The highest BCUT2D eigenvalue weighted by Crippen LogP contribution is 2.49. The van der Waals surface area contributed by atoms with E-state index in [1.807, 2.05) is 0 Å². The van der Waals surface area contributed by atoms with E-state index >= 15 is 0 Å². The number of fused-ring (bicyclic) bond motifs is 1. The van der Waals surface area contributed by atoms with Crippen molar-refractivity contribution in [1.29, 1.82) is 0 Å². The summed E-state index contributed by atoms with van der Waals surface area (Å²) >= 11 is 0. The van der Waals surface area contributed by atoms with Gasteiger partial charge in [0.05, 0.1) is 5.57 Å². The Hall–Kier alpha value is -2.42. The van der Waals surface area contributed by atoms with Gasteiger partial charge in [0.15, 0.2) is 21.3 Å². The normalized spacial score (nSPS) is 27.7. The van der Waals surface area contributed by atoms with Crippen LogP contribution < -0.4 is 0 Å². The van der Waals surface area contributed by atoms with E-state index in [0.717, 1.165) is 4.90 Å². The first-order valence-electron chi connectivity index (χ1n) is 7.67. The molecule has 0 aliphatic carbocycles. The number of sulfone groups is 1. The zero-order chi connectivity index (χ0) is 18.6. The van der Waals surface area contributed by atoms with Gasteiger partial charge in [0.25, 0.3) is 5.91 Å². The van der Waals surface area contributed by atoms with Crippen molar-refractivity contribution in [2.45, 2.75) is 30.0 Å². The monoisotopic (exact) mass is 365 g/mol. The lowest BCUT2D eigenvalue weighted by molar-refractivity contribution is -0.156. The fraction of sp³-hybridized carbons (Fsp3) is 0.438. The van der Waals surface area contributed by atoms with Crippen molar-refractivity contribution in [3.8, 4) is 0 Å². The molecule has 0 unspecified atom stereocenters. The summed E-state index contributed by atoms with van der Waals surface area (Å²) in [6, 6.07) is -1.19. The van der Waals surface area contributed by atoms with Crippen LogP contribution in [0, 0.1) is 0 Å². The number of carbonyl (C=O) groups is 2. The van der Waals surface area contributed by atoms with Crippen LogP contribution in [0.15, 0.2) is 30.6 Å². The van der Waals surface area contributed by atoms with Crippen LogP contribution in [-0.4, -0.2) is 57.5 Å². The maximum atomic E-state index is 12.9. The highest BCUT2D eigenvalue weighted by atomic mass is 32.2. The van der Waals surface area contributed by atoms with Crippen LogP contribution in [-0.2, 0) is 31.2 Å². The summed E-state index contributed by atoms with van der Waals surface area (Å²) in [6.45, 7) is 6.28. The quantitative estimate of drug-likeness (QED) is 0.329. The molecule has 0 bridgehead atoms. The van der Waals surface area contributed by atoms with Gasteiger partial charge in [-0.25, -0.2) is 18.2 Å². The zero-order valence-electron chi connectivity index (χ0n) is 14.2. The summed E-state index contributed by atoms with van der Waals surface area (Å²) in [7, 11) is -2.07. The number of β-lactam (4-membered cyclic amide) rings is 1. The number of esters is 1. The lowest BCUT2D eigenvalue weighted by Gasteiger charge is -2.38. The number of aryl methyl sites for hydroxylation is 1. The van der Waals surface area contributed by atoms with Crippen molar-refractivity contribution >= 4 is 27.8 Å². The molecule has 2 aliphatic heterocycles. The number of nitrogens with zero attached hydrogens (tertiary/aromatic N) is 3. The zero-order valence-corrected chi connectivity index (χ0v) is 15.0. The summed E-state index contributed by atoms with van der Waals surface area (Å²) in [4.78, 5) is 30.1. The minimum Gasteiger partial charge on any atom is -0.460 e. The topological polar surface area (TPSA) is 98.6 Å². The highest BCUT2D eigenvalue weighted by Gasteiger charge is 2.70. The Kier molecular flexibility index (Phi) is 3.86. The Labute approximate surface area is 145 Å². The van der Waals surface area contributed by atoms with Gasteiger partial charge in [-0.05, 0) is 19.9 Å². The Bertz CT molecular complexity index is 897. The lowest BCUT2D eigenvalue weighted by atomic mass is 9.95. The molecule has 3 heterocycles. The molecule has 2 aliphatic rings. The molecule has 2 saturated heterocycles. The Morgan fingerprint density at radius 3 is 2.72 bits per heavy atom. The van der Waals surface area contributed by atoms with Gasteiger partial charge in [-0.1, -0.05) is 12.7 Å². The summed E-state index contributed by atoms with van der Waals surface area (Å²) in [6.07, 6.45) is 6.08. The average Bonchev–Trinajstić information content (AvgIpc) is 3.00. The molecule has 0 N–H and O–H groups in total. The predicted molar refractivity (Wildman–Crippen MR) is 89.8 cm³/mol. The Balaban J connectivity index is 2.03.